The molecule has 2 heterocycles. The van der Waals surface area contributed by atoms with Crippen molar-refractivity contribution in [3.63, 3.8) is 0 Å². The summed E-state index contributed by atoms with van der Waals surface area (Å²) >= 11 is 0. The Labute approximate surface area is 180 Å². The van der Waals surface area contributed by atoms with Crippen LogP contribution in [0.2, 0.25) is 0 Å². The zero-order chi connectivity index (χ0) is 22.5. The molecule has 162 valence electrons. The Balaban J connectivity index is 1.37. The van der Waals surface area contributed by atoms with E-state index >= 15 is 0 Å². The van der Waals surface area contributed by atoms with Gasteiger partial charge >= 0.3 is 0 Å². The van der Waals surface area contributed by atoms with Gasteiger partial charge in [0.2, 0.25) is 11.6 Å². The van der Waals surface area contributed by atoms with Crippen molar-refractivity contribution in [2.75, 3.05) is 5.73 Å². The van der Waals surface area contributed by atoms with Gasteiger partial charge in [-0.2, -0.15) is 9.78 Å². The van der Waals surface area contributed by atoms with Crippen LogP contribution in [-0.4, -0.2) is 37.4 Å². The summed E-state index contributed by atoms with van der Waals surface area (Å²) in [4.78, 5) is 12.5. The highest BCUT2D eigenvalue weighted by Gasteiger charge is 2.22. The molecule has 0 aliphatic heterocycles. The van der Waals surface area contributed by atoms with Gasteiger partial charge in [0.25, 0.3) is 5.91 Å². The van der Waals surface area contributed by atoms with E-state index in [4.69, 9.17) is 10.5 Å². The van der Waals surface area contributed by atoms with Gasteiger partial charge in [-0.05, 0) is 53.1 Å². The molecule has 0 saturated heterocycles. The molecule has 11 nitrogen and oxygen atoms in total. The molecule has 3 N–H and O–H groups in total. The number of hydrazone groups is 1. The predicted molar refractivity (Wildman–Crippen MR) is 111 cm³/mol. The third-order valence-corrected chi connectivity index (χ3v) is 4.36. The van der Waals surface area contributed by atoms with Crippen molar-refractivity contribution in [2.24, 2.45) is 5.10 Å². The molecule has 0 unspecified atom stereocenters. The van der Waals surface area contributed by atoms with Gasteiger partial charge in [0.15, 0.2) is 5.69 Å². The Morgan fingerprint density at radius 3 is 2.75 bits per heavy atom. The lowest BCUT2D eigenvalue weighted by molar-refractivity contribution is 0.0946. The van der Waals surface area contributed by atoms with Crippen molar-refractivity contribution in [3.05, 3.63) is 76.9 Å². The topological polar surface area (TPSA) is 146 Å². The summed E-state index contributed by atoms with van der Waals surface area (Å²) in [6.07, 6.45) is 1.45. The summed E-state index contributed by atoms with van der Waals surface area (Å²) in [5.41, 5.74) is 9.66. The number of nitrogens with two attached hydrogens (primary N) is 1. The lowest BCUT2D eigenvalue weighted by Gasteiger charge is -2.07. The molecule has 4 aromatic rings. The van der Waals surface area contributed by atoms with Crippen molar-refractivity contribution >= 4 is 17.9 Å². The largest absolute Gasteiger partial charge is 0.489 e. The monoisotopic (exact) mass is 436 g/mol. The van der Waals surface area contributed by atoms with Crippen LogP contribution in [0.4, 0.5) is 10.2 Å². The first-order valence-corrected chi connectivity index (χ1v) is 9.33. The average molecular weight is 436 g/mol. The number of amides is 1. The highest BCUT2D eigenvalue weighted by atomic mass is 19.1. The molecule has 0 radical (unpaired) electrons. The van der Waals surface area contributed by atoms with E-state index in [0.29, 0.717) is 22.6 Å². The van der Waals surface area contributed by atoms with Crippen LogP contribution >= 0.6 is 0 Å². The van der Waals surface area contributed by atoms with Gasteiger partial charge < -0.3 is 10.5 Å². The summed E-state index contributed by atoms with van der Waals surface area (Å²) in [5, 5.41) is 18.7. The van der Waals surface area contributed by atoms with Crippen LogP contribution in [0.15, 0.2) is 58.3 Å². The molecule has 0 spiro atoms. The van der Waals surface area contributed by atoms with E-state index in [0.717, 1.165) is 4.68 Å². The fourth-order valence-corrected chi connectivity index (χ4v) is 2.75. The standard InChI is InChI=1S/C20H17FN8O3/c1-12-17(29(28-24-12)19-18(22)26-32-27-19)20(30)25-23-10-13-6-8-15(9-7-13)31-11-14-4-2-3-5-16(14)21/h2-10H,11H2,1H3,(H2,22,26)(H,25,30). The number of carbonyl (C=O) groups excluding carboxylic acids is 1. The van der Waals surface area contributed by atoms with Crippen molar-refractivity contribution < 1.29 is 18.6 Å². The van der Waals surface area contributed by atoms with Gasteiger partial charge in [0.05, 0.1) is 11.9 Å². The first-order chi connectivity index (χ1) is 15.5. The molecule has 0 atom stereocenters. The maximum Gasteiger partial charge on any atom is 0.292 e. The van der Waals surface area contributed by atoms with Gasteiger partial charge in [0, 0.05) is 5.56 Å². The molecule has 4 rings (SSSR count). The van der Waals surface area contributed by atoms with Gasteiger partial charge in [-0.3, -0.25) is 4.79 Å². The molecular formula is C20H17FN8O3. The number of hydrogen-bond acceptors (Lipinski definition) is 9. The van der Waals surface area contributed by atoms with Crippen LogP contribution < -0.4 is 15.9 Å². The fourth-order valence-electron chi connectivity index (χ4n) is 2.75. The maximum atomic E-state index is 13.7. The Bertz CT molecular complexity index is 1270. The summed E-state index contributed by atoms with van der Waals surface area (Å²) < 4.78 is 24.9. The quantitative estimate of drug-likeness (QED) is 0.330. The van der Waals surface area contributed by atoms with Gasteiger partial charge in [0.1, 0.15) is 18.2 Å². The number of nitrogen functional groups attached to an aromatic ring is 1. The fraction of sp³-hybridized carbons (Fsp3) is 0.100. The number of nitrogens with one attached hydrogen (secondary N) is 1. The van der Waals surface area contributed by atoms with Crippen LogP contribution in [0.3, 0.4) is 0 Å². The molecule has 2 aromatic heterocycles. The number of rotatable bonds is 7. The van der Waals surface area contributed by atoms with Crippen molar-refractivity contribution in [1.29, 1.82) is 0 Å². The first kappa shape index (κ1) is 20.7. The van der Waals surface area contributed by atoms with Crippen molar-refractivity contribution in [1.82, 2.24) is 30.7 Å². The number of hydrogen-bond donors (Lipinski definition) is 2. The molecule has 2 aromatic carbocycles. The van der Waals surface area contributed by atoms with Crippen LogP contribution in [-0.2, 0) is 6.61 Å². The third-order valence-electron chi connectivity index (χ3n) is 4.36. The number of carbonyl (C=O) groups is 1. The number of aromatic nitrogens is 5. The second kappa shape index (κ2) is 9.04. The molecule has 0 fully saturated rings. The minimum absolute atomic E-state index is 0.0373. The number of anilines is 1. The zero-order valence-electron chi connectivity index (χ0n) is 16.8. The van der Waals surface area contributed by atoms with E-state index in [2.05, 4.69) is 35.8 Å². The minimum atomic E-state index is -0.573. The highest BCUT2D eigenvalue weighted by Crippen LogP contribution is 2.16. The van der Waals surface area contributed by atoms with Crippen LogP contribution in [0, 0.1) is 12.7 Å². The Kier molecular flexibility index (Phi) is 5.83. The highest BCUT2D eigenvalue weighted by molar-refractivity contribution is 5.94. The Morgan fingerprint density at radius 1 is 1.25 bits per heavy atom. The summed E-state index contributed by atoms with van der Waals surface area (Å²) in [7, 11) is 0. The van der Waals surface area contributed by atoms with E-state index in [9.17, 15) is 9.18 Å². The summed E-state index contributed by atoms with van der Waals surface area (Å²) in [5.74, 6) is -0.313. The maximum absolute atomic E-state index is 13.7. The number of ether oxygens (including phenoxy) is 1. The van der Waals surface area contributed by atoms with E-state index in [1.54, 1.807) is 49.4 Å². The Morgan fingerprint density at radius 2 is 2.03 bits per heavy atom. The van der Waals surface area contributed by atoms with Gasteiger partial charge in [-0.15, -0.1) is 5.10 Å². The molecule has 0 bridgehead atoms. The minimum Gasteiger partial charge on any atom is -0.489 e. The summed E-state index contributed by atoms with van der Waals surface area (Å²) in [6.45, 7) is 1.72. The number of benzene rings is 2. The predicted octanol–water partition coefficient (Wildman–Crippen LogP) is 2.02. The molecular weight excluding hydrogens is 419 g/mol. The SMILES string of the molecule is Cc1nnn(-c2nonc2N)c1C(=O)NN=Cc1ccc(OCc2ccccc2F)cc1. The lowest BCUT2D eigenvalue weighted by atomic mass is 10.2. The zero-order valence-corrected chi connectivity index (χ0v) is 16.8. The van der Waals surface area contributed by atoms with Crippen LogP contribution in [0.1, 0.15) is 27.3 Å². The molecule has 0 aliphatic rings. The van der Waals surface area contributed by atoms with E-state index in [-0.39, 0.29) is 29.8 Å². The molecule has 0 aliphatic carbocycles. The first-order valence-electron chi connectivity index (χ1n) is 9.33. The van der Waals surface area contributed by atoms with Crippen molar-refractivity contribution in [2.45, 2.75) is 13.5 Å². The number of nitrogens with zero attached hydrogens (tertiary/aromatic N) is 6. The van der Waals surface area contributed by atoms with E-state index in [1.807, 2.05) is 0 Å². The van der Waals surface area contributed by atoms with E-state index < -0.39 is 5.91 Å². The molecule has 0 saturated carbocycles. The van der Waals surface area contributed by atoms with Gasteiger partial charge in [-0.25, -0.2) is 14.4 Å². The lowest BCUT2D eigenvalue weighted by Crippen LogP contribution is -2.22. The molecule has 32 heavy (non-hydrogen) atoms. The second-order valence-corrected chi connectivity index (χ2v) is 6.56. The third kappa shape index (κ3) is 4.43. The Hall–Kier alpha value is -4.61. The smallest absolute Gasteiger partial charge is 0.292 e. The van der Waals surface area contributed by atoms with Crippen LogP contribution in [0.5, 0.6) is 5.75 Å². The number of halogens is 1. The van der Waals surface area contributed by atoms with Crippen LogP contribution in [0.25, 0.3) is 5.82 Å². The molecule has 12 heteroatoms. The van der Waals surface area contributed by atoms with Crippen molar-refractivity contribution in [3.8, 4) is 11.6 Å². The average Bonchev–Trinajstić information content (AvgIpc) is 3.39. The van der Waals surface area contributed by atoms with E-state index in [1.165, 1.54) is 12.3 Å². The van der Waals surface area contributed by atoms with Gasteiger partial charge in [-0.1, -0.05) is 23.4 Å². The number of aryl methyl sites for hydroxylation is 1. The molecule has 1 amide bonds. The summed E-state index contributed by atoms with van der Waals surface area (Å²) in [6, 6.07) is 13.3. The normalized spacial score (nSPS) is 11.1. The second-order valence-electron chi connectivity index (χ2n) is 6.56.